The van der Waals surface area contributed by atoms with Crippen molar-refractivity contribution in [3.05, 3.63) is 90.0 Å². The number of hydrogen-bond acceptors (Lipinski definition) is 3. The van der Waals surface area contributed by atoms with Crippen LogP contribution in [0, 0.1) is 0 Å². The largest absolute Gasteiger partial charge is 0.399 e. The van der Waals surface area contributed by atoms with Crippen LogP contribution in [0.5, 0.6) is 0 Å². The van der Waals surface area contributed by atoms with Crippen LogP contribution in [0.25, 0.3) is 0 Å². The van der Waals surface area contributed by atoms with Gasteiger partial charge in [-0.25, -0.2) is 0 Å². The maximum absolute atomic E-state index is 12.2. The first-order chi connectivity index (χ1) is 12.1. The second kappa shape index (κ2) is 7.31. The number of amides is 2. The Morgan fingerprint density at radius 2 is 1.16 bits per heavy atom. The summed E-state index contributed by atoms with van der Waals surface area (Å²) in [6.07, 6.45) is 0. The van der Waals surface area contributed by atoms with Crippen molar-refractivity contribution < 1.29 is 9.59 Å². The molecule has 3 rings (SSSR count). The van der Waals surface area contributed by atoms with E-state index < -0.39 is 0 Å². The number of benzene rings is 3. The molecule has 25 heavy (non-hydrogen) atoms. The summed E-state index contributed by atoms with van der Waals surface area (Å²) in [5.74, 6) is -0.425. The van der Waals surface area contributed by atoms with Crippen LogP contribution in [0.4, 0.5) is 17.1 Å². The van der Waals surface area contributed by atoms with Gasteiger partial charge in [0.25, 0.3) is 11.8 Å². The number of nitrogen functional groups attached to an aromatic ring is 1. The van der Waals surface area contributed by atoms with Crippen LogP contribution in [0.15, 0.2) is 78.9 Å². The molecular formula is C20H17N3O2. The number of anilines is 3. The quantitative estimate of drug-likeness (QED) is 0.636. The van der Waals surface area contributed by atoms with E-state index in [0.717, 1.165) is 0 Å². The van der Waals surface area contributed by atoms with Crippen LogP contribution in [-0.2, 0) is 0 Å². The highest BCUT2D eigenvalue weighted by Gasteiger charge is 2.08. The van der Waals surface area contributed by atoms with Crippen LogP contribution in [0.1, 0.15) is 20.7 Å². The third-order valence-corrected chi connectivity index (χ3v) is 3.59. The molecule has 0 fully saturated rings. The molecule has 2 amide bonds. The number of hydrogen-bond donors (Lipinski definition) is 3. The number of nitrogens with two attached hydrogens (primary N) is 1. The zero-order valence-corrected chi connectivity index (χ0v) is 13.4. The molecule has 0 aliphatic carbocycles. The standard InChI is InChI=1S/C20H17N3O2/c21-16-8-4-7-15(13-16)20(25)23-18-11-9-17(10-12-18)22-19(24)14-5-2-1-3-6-14/h1-13H,21H2,(H,22,24)(H,23,25). The van der Waals surface area contributed by atoms with E-state index in [4.69, 9.17) is 5.73 Å². The zero-order valence-electron chi connectivity index (χ0n) is 13.4. The minimum Gasteiger partial charge on any atom is -0.399 e. The molecule has 3 aromatic rings. The van der Waals surface area contributed by atoms with E-state index in [2.05, 4.69) is 10.6 Å². The number of carbonyl (C=O) groups excluding carboxylic acids is 2. The van der Waals surface area contributed by atoms with Crippen molar-refractivity contribution in [1.29, 1.82) is 0 Å². The van der Waals surface area contributed by atoms with Crippen LogP contribution in [-0.4, -0.2) is 11.8 Å². The minimum atomic E-state index is -0.242. The highest BCUT2D eigenvalue weighted by Crippen LogP contribution is 2.16. The number of rotatable bonds is 4. The van der Waals surface area contributed by atoms with Gasteiger partial charge in [-0.15, -0.1) is 0 Å². The zero-order chi connectivity index (χ0) is 17.6. The van der Waals surface area contributed by atoms with Gasteiger partial charge in [-0.05, 0) is 54.6 Å². The lowest BCUT2D eigenvalue weighted by Crippen LogP contribution is -2.13. The summed E-state index contributed by atoms with van der Waals surface area (Å²) in [6, 6.07) is 22.6. The fraction of sp³-hybridized carbons (Fsp3) is 0. The fourth-order valence-electron chi connectivity index (χ4n) is 2.31. The molecule has 0 bridgehead atoms. The lowest BCUT2D eigenvalue weighted by atomic mass is 10.2. The van der Waals surface area contributed by atoms with E-state index in [9.17, 15) is 9.59 Å². The maximum atomic E-state index is 12.2. The van der Waals surface area contributed by atoms with Gasteiger partial charge in [-0.1, -0.05) is 24.3 Å². The summed E-state index contributed by atoms with van der Waals surface area (Å²) in [6.45, 7) is 0. The third kappa shape index (κ3) is 4.23. The summed E-state index contributed by atoms with van der Waals surface area (Å²) in [7, 11) is 0. The lowest BCUT2D eigenvalue weighted by Gasteiger charge is -2.08. The smallest absolute Gasteiger partial charge is 0.255 e. The Kier molecular flexibility index (Phi) is 4.76. The predicted octanol–water partition coefficient (Wildman–Crippen LogP) is 3.77. The second-order valence-corrected chi connectivity index (χ2v) is 5.48. The highest BCUT2D eigenvalue weighted by molar-refractivity contribution is 6.06. The van der Waals surface area contributed by atoms with Crippen molar-refractivity contribution in [2.45, 2.75) is 0 Å². The van der Waals surface area contributed by atoms with Crippen molar-refractivity contribution in [1.82, 2.24) is 0 Å². The molecule has 0 aromatic heterocycles. The van der Waals surface area contributed by atoms with Crippen molar-refractivity contribution >= 4 is 28.9 Å². The number of nitrogens with one attached hydrogen (secondary N) is 2. The molecule has 0 saturated carbocycles. The van der Waals surface area contributed by atoms with Crippen molar-refractivity contribution in [2.75, 3.05) is 16.4 Å². The summed E-state index contributed by atoms with van der Waals surface area (Å²) in [4.78, 5) is 24.3. The maximum Gasteiger partial charge on any atom is 0.255 e. The Bertz CT molecular complexity index is 890. The third-order valence-electron chi connectivity index (χ3n) is 3.59. The topological polar surface area (TPSA) is 84.2 Å². The van der Waals surface area contributed by atoms with E-state index in [1.165, 1.54) is 0 Å². The molecule has 5 heteroatoms. The summed E-state index contributed by atoms with van der Waals surface area (Å²) < 4.78 is 0. The van der Waals surface area contributed by atoms with Gasteiger partial charge in [0.05, 0.1) is 0 Å². The summed E-state index contributed by atoms with van der Waals surface area (Å²) >= 11 is 0. The average Bonchev–Trinajstić information content (AvgIpc) is 2.64. The Morgan fingerprint density at radius 1 is 0.640 bits per heavy atom. The van der Waals surface area contributed by atoms with E-state index >= 15 is 0 Å². The monoisotopic (exact) mass is 331 g/mol. The fourth-order valence-corrected chi connectivity index (χ4v) is 2.31. The van der Waals surface area contributed by atoms with Crippen LogP contribution < -0.4 is 16.4 Å². The predicted molar refractivity (Wildman–Crippen MR) is 99.6 cm³/mol. The Labute approximate surface area is 145 Å². The van der Waals surface area contributed by atoms with Gasteiger partial charge >= 0.3 is 0 Å². The average molecular weight is 331 g/mol. The van der Waals surface area contributed by atoms with Gasteiger partial charge < -0.3 is 16.4 Å². The van der Waals surface area contributed by atoms with Crippen LogP contribution in [0.2, 0.25) is 0 Å². The van der Waals surface area contributed by atoms with Gasteiger partial charge in [-0.2, -0.15) is 0 Å². The normalized spacial score (nSPS) is 10.1. The van der Waals surface area contributed by atoms with E-state index in [1.54, 1.807) is 60.7 Å². The molecule has 0 aliphatic rings. The molecule has 0 spiro atoms. The Hall–Kier alpha value is -3.60. The molecule has 3 aromatic carbocycles. The van der Waals surface area contributed by atoms with E-state index in [1.807, 2.05) is 18.2 Å². The molecule has 0 radical (unpaired) electrons. The van der Waals surface area contributed by atoms with E-state index in [-0.39, 0.29) is 11.8 Å². The van der Waals surface area contributed by atoms with Gasteiger partial charge in [0.1, 0.15) is 0 Å². The second-order valence-electron chi connectivity index (χ2n) is 5.48. The number of carbonyl (C=O) groups is 2. The molecule has 0 saturated heterocycles. The first-order valence-corrected chi connectivity index (χ1v) is 7.75. The van der Waals surface area contributed by atoms with Crippen LogP contribution >= 0.6 is 0 Å². The summed E-state index contributed by atoms with van der Waals surface area (Å²) in [5, 5.41) is 5.60. The Balaban J connectivity index is 1.64. The molecule has 0 atom stereocenters. The highest BCUT2D eigenvalue weighted by atomic mass is 16.2. The molecule has 0 heterocycles. The van der Waals surface area contributed by atoms with Gasteiger partial charge in [-0.3, -0.25) is 9.59 Å². The first-order valence-electron chi connectivity index (χ1n) is 7.75. The van der Waals surface area contributed by atoms with Crippen LogP contribution in [0.3, 0.4) is 0 Å². The first kappa shape index (κ1) is 16.3. The summed E-state index contributed by atoms with van der Waals surface area (Å²) in [5.41, 5.74) is 8.57. The molecule has 0 unspecified atom stereocenters. The van der Waals surface area contributed by atoms with Crippen molar-refractivity contribution in [2.24, 2.45) is 0 Å². The van der Waals surface area contributed by atoms with Gasteiger partial charge in [0.15, 0.2) is 0 Å². The van der Waals surface area contributed by atoms with Gasteiger partial charge in [0.2, 0.25) is 0 Å². The molecule has 5 nitrogen and oxygen atoms in total. The minimum absolute atomic E-state index is 0.183. The van der Waals surface area contributed by atoms with E-state index in [0.29, 0.717) is 28.2 Å². The Morgan fingerprint density at radius 3 is 1.72 bits per heavy atom. The molecule has 124 valence electrons. The SMILES string of the molecule is Nc1cccc(C(=O)Nc2ccc(NC(=O)c3ccccc3)cc2)c1. The van der Waals surface area contributed by atoms with Gasteiger partial charge in [0, 0.05) is 28.2 Å². The van der Waals surface area contributed by atoms with Crippen molar-refractivity contribution in [3.8, 4) is 0 Å². The molecule has 4 N–H and O–H groups in total. The molecule has 0 aliphatic heterocycles. The molecular weight excluding hydrogens is 314 g/mol. The van der Waals surface area contributed by atoms with Crippen molar-refractivity contribution in [3.63, 3.8) is 0 Å². The lowest BCUT2D eigenvalue weighted by molar-refractivity contribution is 0.101.